The highest BCUT2D eigenvalue weighted by molar-refractivity contribution is 7.93. The van der Waals surface area contributed by atoms with E-state index in [1.165, 1.54) is 36.4 Å². The van der Waals surface area contributed by atoms with E-state index in [-0.39, 0.29) is 15.4 Å². The van der Waals surface area contributed by atoms with Crippen molar-refractivity contribution < 1.29 is 21.6 Å². The molecule has 0 radical (unpaired) electrons. The highest BCUT2D eigenvalue weighted by Crippen LogP contribution is 2.24. The molecular weight excluding hydrogens is 534 g/mol. The highest BCUT2D eigenvalue weighted by Gasteiger charge is 2.20. The van der Waals surface area contributed by atoms with Gasteiger partial charge in [-0.05, 0) is 99.0 Å². The van der Waals surface area contributed by atoms with Gasteiger partial charge in [0.2, 0.25) is 0 Å². The fourth-order valence-electron chi connectivity index (χ4n) is 3.83. The van der Waals surface area contributed by atoms with Gasteiger partial charge in [-0.15, -0.1) is 0 Å². The fraction of sp³-hybridized carbons (Fsp3) is 0.138. The number of amides is 1. The standard InChI is InChI=1S/C29H29N3O5S2/c1-19-6-11-25(12-7-19)31-39(36,37)28-18-23(10-9-22(28)4)29(33)30-24-13-15-26(16-14-24)38(34,35)32-27-17-20(2)5-8-21(27)3/h5-18,31-32H,1-4H3,(H,30,33). The Morgan fingerprint density at radius 2 is 1.18 bits per heavy atom. The lowest BCUT2D eigenvalue weighted by molar-refractivity contribution is 0.102. The maximum absolute atomic E-state index is 13.0. The van der Waals surface area contributed by atoms with Crippen LogP contribution in [0.25, 0.3) is 0 Å². The topological polar surface area (TPSA) is 121 Å². The molecule has 0 bridgehead atoms. The number of nitrogens with one attached hydrogen (secondary N) is 3. The number of hydrogen-bond acceptors (Lipinski definition) is 5. The fourth-order valence-corrected chi connectivity index (χ4v) is 6.28. The number of anilines is 3. The first-order valence-electron chi connectivity index (χ1n) is 12.1. The molecule has 0 saturated carbocycles. The van der Waals surface area contributed by atoms with Crippen molar-refractivity contribution in [3.8, 4) is 0 Å². The first-order valence-corrected chi connectivity index (χ1v) is 15.0. The van der Waals surface area contributed by atoms with Crippen LogP contribution in [0.15, 0.2) is 94.7 Å². The van der Waals surface area contributed by atoms with Gasteiger partial charge in [-0.1, -0.05) is 35.9 Å². The van der Waals surface area contributed by atoms with Crippen molar-refractivity contribution in [1.29, 1.82) is 0 Å². The van der Waals surface area contributed by atoms with Gasteiger partial charge < -0.3 is 5.32 Å². The third kappa shape index (κ3) is 6.65. The van der Waals surface area contributed by atoms with E-state index in [1.807, 2.05) is 32.9 Å². The largest absolute Gasteiger partial charge is 0.322 e. The van der Waals surface area contributed by atoms with Gasteiger partial charge in [0.25, 0.3) is 26.0 Å². The van der Waals surface area contributed by atoms with Crippen molar-refractivity contribution in [2.45, 2.75) is 37.5 Å². The lowest BCUT2D eigenvalue weighted by Crippen LogP contribution is -2.17. The van der Waals surface area contributed by atoms with E-state index in [1.54, 1.807) is 43.3 Å². The Balaban J connectivity index is 1.50. The second kappa shape index (κ2) is 10.9. The molecule has 0 atom stereocenters. The van der Waals surface area contributed by atoms with Crippen LogP contribution in [-0.4, -0.2) is 22.7 Å². The Bertz CT molecular complexity index is 1750. The Labute approximate surface area is 229 Å². The lowest BCUT2D eigenvalue weighted by Gasteiger charge is -2.13. The first kappa shape index (κ1) is 27.9. The molecule has 39 heavy (non-hydrogen) atoms. The van der Waals surface area contributed by atoms with Crippen molar-refractivity contribution in [2.24, 2.45) is 0 Å². The second-order valence-electron chi connectivity index (χ2n) is 9.35. The minimum atomic E-state index is -3.94. The molecule has 0 aliphatic heterocycles. The number of rotatable bonds is 8. The van der Waals surface area contributed by atoms with Crippen LogP contribution in [0.4, 0.5) is 17.1 Å². The number of sulfonamides is 2. The number of hydrogen-bond donors (Lipinski definition) is 3. The monoisotopic (exact) mass is 563 g/mol. The van der Waals surface area contributed by atoms with Gasteiger partial charge in [-0.3, -0.25) is 14.2 Å². The molecule has 1 amide bonds. The van der Waals surface area contributed by atoms with E-state index in [0.29, 0.717) is 22.6 Å². The Morgan fingerprint density at radius 1 is 0.590 bits per heavy atom. The average Bonchev–Trinajstić information content (AvgIpc) is 2.88. The summed E-state index contributed by atoms with van der Waals surface area (Å²) in [4.78, 5) is 13.0. The molecule has 0 unspecified atom stereocenters. The highest BCUT2D eigenvalue weighted by atomic mass is 32.2. The van der Waals surface area contributed by atoms with Crippen molar-refractivity contribution >= 4 is 43.0 Å². The normalized spacial score (nSPS) is 11.6. The molecule has 4 aromatic rings. The maximum atomic E-state index is 13.0. The molecule has 3 N–H and O–H groups in total. The molecule has 10 heteroatoms. The van der Waals surface area contributed by atoms with Crippen LogP contribution in [0.3, 0.4) is 0 Å². The maximum Gasteiger partial charge on any atom is 0.262 e. The lowest BCUT2D eigenvalue weighted by atomic mass is 10.1. The summed E-state index contributed by atoms with van der Waals surface area (Å²) in [6.45, 7) is 7.25. The third-order valence-electron chi connectivity index (χ3n) is 6.10. The van der Waals surface area contributed by atoms with Crippen LogP contribution in [0, 0.1) is 27.7 Å². The molecule has 0 fully saturated rings. The molecule has 0 heterocycles. The molecule has 0 aliphatic rings. The molecule has 8 nitrogen and oxygen atoms in total. The Kier molecular flexibility index (Phi) is 7.80. The van der Waals surface area contributed by atoms with E-state index in [4.69, 9.17) is 0 Å². The smallest absolute Gasteiger partial charge is 0.262 e. The van der Waals surface area contributed by atoms with Crippen LogP contribution >= 0.6 is 0 Å². The summed E-state index contributed by atoms with van der Waals surface area (Å²) < 4.78 is 57.0. The molecule has 0 aliphatic carbocycles. The van der Waals surface area contributed by atoms with Crippen molar-refractivity contribution in [1.82, 2.24) is 0 Å². The zero-order chi connectivity index (χ0) is 28.4. The van der Waals surface area contributed by atoms with Gasteiger partial charge in [-0.2, -0.15) is 0 Å². The van der Waals surface area contributed by atoms with Crippen LogP contribution in [0.1, 0.15) is 32.6 Å². The van der Waals surface area contributed by atoms with Crippen molar-refractivity contribution in [3.63, 3.8) is 0 Å². The van der Waals surface area contributed by atoms with Gasteiger partial charge >= 0.3 is 0 Å². The number of carbonyl (C=O) groups is 1. The van der Waals surface area contributed by atoms with E-state index in [2.05, 4.69) is 14.8 Å². The van der Waals surface area contributed by atoms with Crippen molar-refractivity contribution in [2.75, 3.05) is 14.8 Å². The summed E-state index contributed by atoms with van der Waals surface area (Å²) in [5.74, 6) is -0.536. The van der Waals surface area contributed by atoms with Crippen LogP contribution in [-0.2, 0) is 20.0 Å². The molecule has 0 aromatic heterocycles. The predicted octanol–water partition coefficient (Wildman–Crippen LogP) is 5.77. The van der Waals surface area contributed by atoms with Gasteiger partial charge in [0, 0.05) is 16.9 Å². The SMILES string of the molecule is Cc1ccc(NS(=O)(=O)c2cc(C(=O)Nc3ccc(S(=O)(=O)Nc4cc(C)ccc4C)cc3)ccc2C)cc1. The number of carbonyl (C=O) groups excluding carboxylic acids is 1. The summed E-state index contributed by atoms with van der Waals surface area (Å²) in [7, 11) is -7.78. The zero-order valence-electron chi connectivity index (χ0n) is 21.9. The van der Waals surface area contributed by atoms with Gasteiger partial charge in [0.15, 0.2) is 0 Å². The quantitative estimate of drug-likeness (QED) is 0.251. The predicted molar refractivity (Wildman–Crippen MR) is 154 cm³/mol. The van der Waals surface area contributed by atoms with Gasteiger partial charge in [-0.25, -0.2) is 16.8 Å². The van der Waals surface area contributed by atoms with Crippen molar-refractivity contribution in [3.05, 3.63) is 113 Å². The Morgan fingerprint density at radius 3 is 1.85 bits per heavy atom. The van der Waals surface area contributed by atoms with E-state index in [0.717, 1.165) is 16.7 Å². The van der Waals surface area contributed by atoms with Crippen LogP contribution in [0.2, 0.25) is 0 Å². The van der Waals surface area contributed by atoms with E-state index < -0.39 is 26.0 Å². The molecule has 202 valence electrons. The summed E-state index contributed by atoms with van der Waals surface area (Å²) in [6.07, 6.45) is 0. The summed E-state index contributed by atoms with van der Waals surface area (Å²) >= 11 is 0. The van der Waals surface area contributed by atoms with Gasteiger partial charge in [0.1, 0.15) is 0 Å². The molecular formula is C29H29N3O5S2. The molecule has 0 spiro atoms. The molecule has 0 saturated heterocycles. The minimum absolute atomic E-state index is 0.0188. The third-order valence-corrected chi connectivity index (χ3v) is 9.01. The minimum Gasteiger partial charge on any atom is -0.322 e. The second-order valence-corrected chi connectivity index (χ2v) is 12.7. The van der Waals surface area contributed by atoms with E-state index >= 15 is 0 Å². The average molecular weight is 564 g/mol. The molecule has 4 rings (SSSR count). The van der Waals surface area contributed by atoms with Crippen LogP contribution in [0.5, 0.6) is 0 Å². The first-order chi connectivity index (χ1) is 18.3. The summed E-state index contributed by atoms with van der Waals surface area (Å²) in [5, 5.41) is 2.69. The van der Waals surface area contributed by atoms with Gasteiger partial charge in [0.05, 0.1) is 15.5 Å². The number of aryl methyl sites for hydroxylation is 4. The molecule has 4 aromatic carbocycles. The zero-order valence-corrected chi connectivity index (χ0v) is 23.6. The van der Waals surface area contributed by atoms with Crippen LogP contribution < -0.4 is 14.8 Å². The Hall–Kier alpha value is -4.15. The van der Waals surface area contributed by atoms with E-state index in [9.17, 15) is 21.6 Å². The summed E-state index contributed by atoms with van der Waals surface area (Å²) in [6, 6.07) is 22.6. The summed E-state index contributed by atoms with van der Waals surface area (Å²) in [5.41, 5.74) is 4.60. The number of benzene rings is 4.